The summed E-state index contributed by atoms with van der Waals surface area (Å²) < 4.78 is 5.66. The average Bonchev–Trinajstić information content (AvgIpc) is 2.66. The SMILES string of the molecule is C[Si](C)(C)CCOCC1N=Nc2c(Cl)nc(Cl)nc21. The predicted molar refractivity (Wildman–Crippen MR) is 78.3 cm³/mol. The van der Waals surface area contributed by atoms with Crippen LogP contribution in [0.2, 0.25) is 36.1 Å². The Morgan fingerprint density at radius 3 is 2.63 bits per heavy atom. The number of fused-ring (bicyclic) bond motifs is 1. The second-order valence-electron chi connectivity index (χ2n) is 5.63. The van der Waals surface area contributed by atoms with Gasteiger partial charge in [0.1, 0.15) is 17.4 Å². The Bertz CT molecular complexity index is 504. The first-order valence-electron chi connectivity index (χ1n) is 6.08. The maximum Gasteiger partial charge on any atom is 0.224 e. The Morgan fingerprint density at radius 1 is 1.21 bits per heavy atom. The largest absolute Gasteiger partial charge is 0.379 e. The molecule has 0 bridgehead atoms. The second-order valence-corrected chi connectivity index (χ2v) is 12.0. The molecule has 1 atom stereocenters. The lowest BCUT2D eigenvalue weighted by atomic mass is 10.2. The van der Waals surface area contributed by atoms with Gasteiger partial charge in [-0.2, -0.15) is 5.11 Å². The fourth-order valence-corrected chi connectivity index (χ4v) is 2.80. The highest BCUT2D eigenvalue weighted by Crippen LogP contribution is 2.39. The van der Waals surface area contributed by atoms with Crippen LogP contribution in [0.15, 0.2) is 10.2 Å². The van der Waals surface area contributed by atoms with E-state index < -0.39 is 8.07 Å². The highest BCUT2D eigenvalue weighted by Gasteiger charge is 2.26. The van der Waals surface area contributed by atoms with Crippen molar-refractivity contribution in [3.05, 3.63) is 16.1 Å². The third kappa shape index (κ3) is 3.95. The fraction of sp³-hybridized carbons (Fsp3) is 0.636. The monoisotopic (exact) mass is 318 g/mol. The fourth-order valence-electron chi connectivity index (χ4n) is 1.61. The van der Waals surface area contributed by atoms with Crippen molar-refractivity contribution in [1.82, 2.24) is 9.97 Å². The summed E-state index contributed by atoms with van der Waals surface area (Å²) in [6.45, 7) is 8.13. The smallest absolute Gasteiger partial charge is 0.224 e. The van der Waals surface area contributed by atoms with E-state index in [1.54, 1.807) is 0 Å². The first kappa shape index (κ1) is 14.8. The Hall–Kier alpha value is -0.563. The highest BCUT2D eigenvalue weighted by molar-refractivity contribution is 6.76. The van der Waals surface area contributed by atoms with E-state index in [9.17, 15) is 0 Å². The van der Waals surface area contributed by atoms with Gasteiger partial charge < -0.3 is 4.74 Å². The molecule has 1 aromatic rings. The quantitative estimate of drug-likeness (QED) is 0.352. The van der Waals surface area contributed by atoms with Gasteiger partial charge in [0.2, 0.25) is 5.28 Å². The van der Waals surface area contributed by atoms with Crippen LogP contribution in [0.4, 0.5) is 5.69 Å². The molecule has 0 aromatic carbocycles. The van der Waals surface area contributed by atoms with Crippen molar-refractivity contribution in [2.24, 2.45) is 10.2 Å². The molecule has 1 aliphatic rings. The van der Waals surface area contributed by atoms with E-state index in [0.29, 0.717) is 18.0 Å². The van der Waals surface area contributed by atoms with Gasteiger partial charge in [-0.15, -0.1) is 5.11 Å². The molecule has 0 spiro atoms. The molecule has 2 rings (SSSR count). The summed E-state index contributed by atoms with van der Waals surface area (Å²) >= 11 is 11.7. The molecule has 5 nitrogen and oxygen atoms in total. The molecule has 1 aromatic heterocycles. The van der Waals surface area contributed by atoms with Crippen LogP contribution in [0.25, 0.3) is 0 Å². The molecule has 2 heterocycles. The third-order valence-corrected chi connectivity index (χ3v) is 4.86. The normalized spacial score (nSPS) is 17.8. The van der Waals surface area contributed by atoms with E-state index in [1.165, 1.54) is 0 Å². The number of hydrogen-bond acceptors (Lipinski definition) is 5. The number of hydrogen-bond donors (Lipinski definition) is 0. The first-order chi connectivity index (χ1) is 8.87. The van der Waals surface area contributed by atoms with Crippen molar-refractivity contribution in [3.63, 3.8) is 0 Å². The molecular weight excluding hydrogens is 303 g/mol. The molecule has 0 aliphatic carbocycles. The molecule has 0 radical (unpaired) electrons. The summed E-state index contributed by atoms with van der Waals surface area (Å²) in [5.74, 6) is 0. The van der Waals surface area contributed by atoms with Crippen LogP contribution in [0.5, 0.6) is 0 Å². The summed E-state index contributed by atoms with van der Waals surface area (Å²) in [5.41, 5.74) is 1.16. The summed E-state index contributed by atoms with van der Waals surface area (Å²) in [6, 6.07) is 0.893. The van der Waals surface area contributed by atoms with Gasteiger partial charge in [-0.1, -0.05) is 31.2 Å². The summed E-state index contributed by atoms with van der Waals surface area (Å²) in [4.78, 5) is 7.97. The Labute approximate surface area is 123 Å². The minimum Gasteiger partial charge on any atom is -0.379 e. The average molecular weight is 319 g/mol. The molecule has 8 heteroatoms. The standard InChI is InChI=1S/C11H16Cl2N4OSi/c1-19(2,3)5-4-18-6-7-8-9(17-16-7)10(12)15-11(13)14-8/h7H,4-6H2,1-3H3. The topological polar surface area (TPSA) is 59.7 Å². The Balaban J connectivity index is 1.94. The zero-order valence-corrected chi connectivity index (χ0v) is 13.7. The number of nitrogens with zero attached hydrogens (tertiary/aromatic N) is 4. The van der Waals surface area contributed by atoms with E-state index in [1.807, 2.05) is 0 Å². The van der Waals surface area contributed by atoms with Gasteiger partial charge in [0.15, 0.2) is 5.15 Å². The molecule has 1 aliphatic heterocycles. The van der Waals surface area contributed by atoms with Gasteiger partial charge in [0.05, 0.1) is 6.61 Å². The van der Waals surface area contributed by atoms with Crippen LogP contribution in [0, 0.1) is 0 Å². The number of rotatable bonds is 5. The van der Waals surface area contributed by atoms with E-state index in [4.69, 9.17) is 27.9 Å². The molecule has 19 heavy (non-hydrogen) atoms. The van der Waals surface area contributed by atoms with Gasteiger partial charge >= 0.3 is 0 Å². The van der Waals surface area contributed by atoms with Crippen molar-refractivity contribution >= 4 is 37.0 Å². The van der Waals surface area contributed by atoms with Gasteiger partial charge in [-0.25, -0.2) is 9.97 Å². The molecule has 0 fully saturated rings. The molecule has 104 valence electrons. The molecule has 0 amide bonds. The van der Waals surface area contributed by atoms with Gasteiger partial charge in [0.25, 0.3) is 0 Å². The minimum atomic E-state index is -1.07. The molecule has 0 saturated carbocycles. The number of halogens is 2. The predicted octanol–water partition coefficient (Wildman–Crippen LogP) is 4.28. The van der Waals surface area contributed by atoms with Crippen molar-refractivity contribution in [2.75, 3.05) is 13.2 Å². The number of ether oxygens (including phenoxy) is 1. The van der Waals surface area contributed by atoms with Gasteiger partial charge in [-0.05, 0) is 17.6 Å². The minimum absolute atomic E-state index is 0.114. The van der Waals surface area contributed by atoms with Crippen LogP contribution in [-0.2, 0) is 4.74 Å². The van der Waals surface area contributed by atoms with E-state index in [0.717, 1.165) is 12.7 Å². The Morgan fingerprint density at radius 2 is 1.95 bits per heavy atom. The molecule has 1 unspecified atom stereocenters. The third-order valence-electron chi connectivity index (χ3n) is 2.73. The van der Waals surface area contributed by atoms with Crippen LogP contribution in [-0.4, -0.2) is 31.3 Å². The molecule has 0 saturated heterocycles. The lowest BCUT2D eigenvalue weighted by Gasteiger charge is -2.16. The lowest BCUT2D eigenvalue weighted by molar-refractivity contribution is 0.132. The maximum atomic E-state index is 5.94. The zero-order chi connectivity index (χ0) is 14.0. The number of aromatic nitrogens is 2. The summed E-state index contributed by atoms with van der Waals surface area (Å²) in [5, 5.41) is 8.45. The number of azo groups is 1. The lowest BCUT2D eigenvalue weighted by Crippen LogP contribution is -2.22. The van der Waals surface area contributed by atoms with Crippen molar-refractivity contribution in [2.45, 2.75) is 31.7 Å². The van der Waals surface area contributed by atoms with Crippen LogP contribution < -0.4 is 0 Å². The highest BCUT2D eigenvalue weighted by atomic mass is 35.5. The molecular formula is C11H16Cl2N4OSi. The van der Waals surface area contributed by atoms with Crippen molar-refractivity contribution in [1.29, 1.82) is 0 Å². The Kier molecular flexibility index (Phi) is 4.55. The first-order valence-corrected chi connectivity index (χ1v) is 10.5. The van der Waals surface area contributed by atoms with Crippen molar-refractivity contribution < 1.29 is 4.74 Å². The van der Waals surface area contributed by atoms with E-state index in [-0.39, 0.29) is 16.5 Å². The van der Waals surface area contributed by atoms with Crippen LogP contribution in [0.3, 0.4) is 0 Å². The van der Waals surface area contributed by atoms with Crippen molar-refractivity contribution in [3.8, 4) is 0 Å². The summed E-state index contributed by atoms with van der Waals surface area (Å²) in [6.07, 6.45) is 0. The zero-order valence-electron chi connectivity index (χ0n) is 11.2. The van der Waals surface area contributed by atoms with Crippen LogP contribution in [0.1, 0.15) is 11.7 Å². The molecule has 0 N–H and O–H groups in total. The van der Waals surface area contributed by atoms with Gasteiger partial charge in [-0.3, -0.25) is 0 Å². The van der Waals surface area contributed by atoms with Crippen LogP contribution >= 0.6 is 23.2 Å². The van der Waals surface area contributed by atoms with Gasteiger partial charge in [0, 0.05) is 14.7 Å². The van der Waals surface area contributed by atoms with E-state index in [2.05, 4.69) is 39.8 Å². The van der Waals surface area contributed by atoms with E-state index >= 15 is 0 Å². The second kappa shape index (κ2) is 5.83. The maximum absolute atomic E-state index is 5.94. The summed E-state index contributed by atoms with van der Waals surface area (Å²) in [7, 11) is -1.07.